The Morgan fingerprint density at radius 1 is 1.45 bits per heavy atom. The maximum absolute atomic E-state index is 9.35. The van der Waals surface area contributed by atoms with Crippen LogP contribution in [0.25, 0.3) is 11.3 Å². The normalized spacial score (nSPS) is 17.2. The number of ether oxygens (including phenoxy) is 2. The first-order valence-electron chi connectivity index (χ1n) is 7.01. The Balaban J connectivity index is 2.06. The zero-order valence-corrected chi connectivity index (χ0v) is 12.2. The molecule has 3 rings (SSSR count). The summed E-state index contributed by atoms with van der Waals surface area (Å²) in [6, 6.07) is 7.71. The van der Waals surface area contributed by atoms with Crippen LogP contribution < -0.4 is 10.5 Å². The smallest absolute Gasteiger partial charge is 0.212 e. The summed E-state index contributed by atoms with van der Waals surface area (Å²) in [5.41, 5.74) is 8.85. The van der Waals surface area contributed by atoms with Crippen LogP contribution in [0.15, 0.2) is 24.4 Å². The maximum atomic E-state index is 9.35. The van der Waals surface area contributed by atoms with Gasteiger partial charge in [0.05, 0.1) is 25.0 Å². The second-order valence-corrected chi connectivity index (χ2v) is 5.12. The highest BCUT2D eigenvalue weighted by molar-refractivity contribution is 5.66. The SMILES string of the molecule is COc1ccc(-c2cc([C@H]3CCOC3)c(C#N)c(N)n2)cn1. The third kappa shape index (κ3) is 2.59. The number of hydrogen-bond donors (Lipinski definition) is 1. The van der Waals surface area contributed by atoms with Crippen LogP contribution in [0.3, 0.4) is 0 Å². The van der Waals surface area contributed by atoms with Gasteiger partial charge in [0, 0.05) is 30.4 Å². The van der Waals surface area contributed by atoms with Gasteiger partial charge in [-0.3, -0.25) is 0 Å². The zero-order valence-electron chi connectivity index (χ0n) is 12.2. The van der Waals surface area contributed by atoms with Crippen LogP contribution in [0.4, 0.5) is 5.82 Å². The van der Waals surface area contributed by atoms with Crippen molar-refractivity contribution in [2.45, 2.75) is 12.3 Å². The summed E-state index contributed by atoms with van der Waals surface area (Å²) in [7, 11) is 1.57. The lowest BCUT2D eigenvalue weighted by atomic mass is 9.93. The quantitative estimate of drug-likeness (QED) is 0.932. The van der Waals surface area contributed by atoms with Gasteiger partial charge in [0.25, 0.3) is 0 Å². The molecule has 1 saturated heterocycles. The number of nitrogens with two attached hydrogens (primary N) is 1. The van der Waals surface area contributed by atoms with Crippen LogP contribution in [-0.2, 0) is 4.74 Å². The van der Waals surface area contributed by atoms with E-state index in [0.717, 1.165) is 17.5 Å². The maximum Gasteiger partial charge on any atom is 0.212 e. The fourth-order valence-corrected chi connectivity index (χ4v) is 2.61. The molecular formula is C16H16N4O2. The molecule has 0 amide bonds. The molecule has 0 spiro atoms. The Hall–Kier alpha value is -2.65. The molecule has 2 aromatic rings. The van der Waals surface area contributed by atoms with Crippen molar-refractivity contribution in [1.82, 2.24) is 9.97 Å². The second kappa shape index (κ2) is 6.00. The van der Waals surface area contributed by atoms with Gasteiger partial charge in [-0.1, -0.05) is 0 Å². The van der Waals surface area contributed by atoms with Crippen molar-refractivity contribution in [2.24, 2.45) is 0 Å². The van der Waals surface area contributed by atoms with E-state index in [4.69, 9.17) is 15.2 Å². The first-order chi connectivity index (χ1) is 10.7. The molecule has 2 aromatic heterocycles. The van der Waals surface area contributed by atoms with Gasteiger partial charge in [0.1, 0.15) is 11.9 Å². The molecule has 0 aromatic carbocycles. The molecular weight excluding hydrogens is 280 g/mol. The highest BCUT2D eigenvalue weighted by Gasteiger charge is 2.23. The van der Waals surface area contributed by atoms with E-state index in [1.54, 1.807) is 19.4 Å². The molecule has 1 aliphatic heterocycles. The molecule has 0 bridgehead atoms. The van der Waals surface area contributed by atoms with E-state index >= 15 is 0 Å². The summed E-state index contributed by atoms with van der Waals surface area (Å²) >= 11 is 0. The fourth-order valence-electron chi connectivity index (χ4n) is 2.61. The van der Waals surface area contributed by atoms with Crippen LogP contribution >= 0.6 is 0 Å². The van der Waals surface area contributed by atoms with Crippen LogP contribution in [0.1, 0.15) is 23.5 Å². The van der Waals surface area contributed by atoms with Crippen molar-refractivity contribution in [3.05, 3.63) is 35.5 Å². The average Bonchev–Trinajstić information content (AvgIpc) is 3.08. The predicted octanol–water partition coefficient (Wildman–Crippen LogP) is 2.11. The minimum Gasteiger partial charge on any atom is -0.481 e. The first-order valence-corrected chi connectivity index (χ1v) is 7.01. The molecule has 1 atom stereocenters. The summed E-state index contributed by atoms with van der Waals surface area (Å²) < 4.78 is 10.5. The van der Waals surface area contributed by atoms with Crippen molar-refractivity contribution in [1.29, 1.82) is 5.26 Å². The van der Waals surface area contributed by atoms with Gasteiger partial charge in [-0.2, -0.15) is 5.26 Å². The van der Waals surface area contributed by atoms with E-state index in [1.807, 2.05) is 12.1 Å². The summed E-state index contributed by atoms with van der Waals surface area (Å²) in [5.74, 6) is 0.970. The van der Waals surface area contributed by atoms with Crippen molar-refractivity contribution in [3.63, 3.8) is 0 Å². The lowest BCUT2D eigenvalue weighted by Crippen LogP contribution is -2.07. The summed E-state index contributed by atoms with van der Waals surface area (Å²) in [4.78, 5) is 8.52. The molecule has 6 nitrogen and oxygen atoms in total. The minimum atomic E-state index is 0.185. The summed E-state index contributed by atoms with van der Waals surface area (Å²) in [6.45, 7) is 1.32. The van der Waals surface area contributed by atoms with Crippen LogP contribution in [-0.4, -0.2) is 30.3 Å². The average molecular weight is 296 g/mol. The van der Waals surface area contributed by atoms with Gasteiger partial charge in [-0.25, -0.2) is 9.97 Å². The topological polar surface area (TPSA) is 94.0 Å². The number of methoxy groups -OCH3 is 1. The number of rotatable bonds is 3. The van der Waals surface area contributed by atoms with Gasteiger partial charge in [-0.15, -0.1) is 0 Å². The van der Waals surface area contributed by atoms with Gasteiger partial charge >= 0.3 is 0 Å². The second-order valence-electron chi connectivity index (χ2n) is 5.12. The Kier molecular flexibility index (Phi) is 3.90. The number of nitrogen functional groups attached to an aromatic ring is 1. The van der Waals surface area contributed by atoms with Gasteiger partial charge < -0.3 is 15.2 Å². The summed E-state index contributed by atoms with van der Waals surface area (Å²) in [5, 5.41) is 9.35. The molecule has 0 aliphatic carbocycles. The van der Waals surface area contributed by atoms with E-state index < -0.39 is 0 Å². The van der Waals surface area contributed by atoms with Crippen molar-refractivity contribution < 1.29 is 9.47 Å². The number of hydrogen-bond acceptors (Lipinski definition) is 6. The number of nitriles is 1. The molecule has 1 fully saturated rings. The van der Waals surface area contributed by atoms with Crippen LogP contribution in [0.2, 0.25) is 0 Å². The Morgan fingerprint density at radius 3 is 2.91 bits per heavy atom. The van der Waals surface area contributed by atoms with Crippen molar-refractivity contribution >= 4 is 5.82 Å². The van der Waals surface area contributed by atoms with Crippen molar-refractivity contribution in [3.8, 4) is 23.2 Å². The van der Waals surface area contributed by atoms with Gasteiger partial charge in [0.2, 0.25) is 5.88 Å². The van der Waals surface area contributed by atoms with Gasteiger partial charge in [0.15, 0.2) is 0 Å². The van der Waals surface area contributed by atoms with Crippen molar-refractivity contribution in [2.75, 3.05) is 26.1 Å². The highest BCUT2D eigenvalue weighted by atomic mass is 16.5. The third-order valence-electron chi connectivity index (χ3n) is 3.80. The number of nitrogens with zero attached hydrogens (tertiary/aromatic N) is 3. The van der Waals surface area contributed by atoms with E-state index in [0.29, 0.717) is 30.4 Å². The highest BCUT2D eigenvalue weighted by Crippen LogP contribution is 2.33. The number of anilines is 1. The minimum absolute atomic E-state index is 0.185. The lowest BCUT2D eigenvalue weighted by Gasteiger charge is -2.14. The largest absolute Gasteiger partial charge is 0.481 e. The fraction of sp³-hybridized carbons (Fsp3) is 0.312. The monoisotopic (exact) mass is 296 g/mol. The van der Waals surface area contributed by atoms with E-state index in [1.165, 1.54) is 0 Å². The molecule has 6 heteroatoms. The molecule has 22 heavy (non-hydrogen) atoms. The molecule has 112 valence electrons. The van der Waals surface area contributed by atoms with Crippen LogP contribution in [0, 0.1) is 11.3 Å². The molecule has 0 saturated carbocycles. The third-order valence-corrected chi connectivity index (χ3v) is 3.80. The molecule has 2 N–H and O–H groups in total. The lowest BCUT2D eigenvalue weighted by molar-refractivity contribution is 0.194. The first kappa shape index (κ1) is 14.3. The Labute approximate surface area is 128 Å². The number of pyridine rings is 2. The van der Waals surface area contributed by atoms with E-state index in [2.05, 4.69) is 16.0 Å². The van der Waals surface area contributed by atoms with Crippen LogP contribution in [0.5, 0.6) is 5.88 Å². The molecule has 3 heterocycles. The molecule has 0 unspecified atom stereocenters. The Bertz CT molecular complexity index is 716. The molecule has 0 radical (unpaired) electrons. The van der Waals surface area contributed by atoms with E-state index in [-0.39, 0.29) is 11.7 Å². The van der Waals surface area contributed by atoms with E-state index in [9.17, 15) is 5.26 Å². The number of aromatic nitrogens is 2. The zero-order chi connectivity index (χ0) is 15.5. The molecule has 1 aliphatic rings. The standard InChI is InChI=1S/C16H16N4O2/c1-21-15-3-2-10(8-19-15)14-6-12(11-4-5-22-9-11)13(7-17)16(18)20-14/h2-3,6,8,11H,4-5,9H2,1H3,(H2,18,20)/t11-/m0/s1. The van der Waals surface area contributed by atoms with Gasteiger partial charge in [-0.05, 0) is 24.1 Å². The Morgan fingerprint density at radius 2 is 2.32 bits per heavy atom. The summed E-state index contributed by atoms with van der Waals surface area (Å²) in [6.07, 6.45) is 2.57. The predicted molar refractivity (Wildman–Crippen MR) is 81.3 cm³/mol.